The van der Waals surface area contributed by atoms with Crippen molar-refractivity contribution in [2.75, 3.05) is 13.2 Å². The predicted octanol–water partition coefficient (Wildman–Crippen LogP) is 3.65. The second-order valence-corrected chi connectivity index (χ2v) is 6.97. The molecule has 1 aliphatic rings. The van der Waals surface area contributed by atoms with Gasteiger partial charge in [-0.2, -0.15) is 0 Å². The molecule has 28 heavy (non-hydrogen) atoms. The summed E-state index contributed by atoms with van der Waals surface area (Å²) in [6, 6.07) is 9.92. The maximum atomic E-state index is 12.4. The van der Waals surface area contributed by atoms with Gasteiger partial charge in [0.15, 0.2) is 18.2 Å². The fourth-order valence-electron chi connectivity index (χ4n) is 3.35. The Kier molecular flexibility index (Phi) is 6.63. The summed E-state index contributed by atoms with van der Waals surface area (Å²) >= 11 is 0. The number of aryl methyl sites for hydroxylation is 1. The standard InChI is InChI=1S/C22H25NO5/c1-2-3-6-16-9-11-17(12-10-16)19(24)15-28-22(26)18-7-4-13-23(18)21(25)20-8-5-14-27-20/h5,8-12,14,18H,2-4,6-7,13,15H2,1H3/t18-/m0/s1. The molecule has 6 nitrogen and oxygen atoms in total. The molecule has 0 radical (unpaired) electrons. The Morgan fingerprint density at radius 1 is 1.18 bits per heavy atom. The first-order chi connectivity index (χ1) is 13.6. The summed E-state index contributed by atoms with van der Waals surface area (Å²) in [5, 5.41) is 0. The molecule has 0 spiro atoms. The quantitative estimate of drug-likeness (QED) is 0.514. The molecule has 0 saturated carbocycles. The van der Waals surface area contributed by atoms with Gasteiger partial charge in [-0.25, -0.2) is 4.79 Å². The van der Waals surface area contributed by atoms with Crippen LogP contribution in [0.3, 0.4) is 0 Å². The molecule has 0 N–H and O–H groups in total. The van der Waals surface area contributed by atoms with Crippen LogP contribution >= 0.6 is 0 Å². The summed E-state index contributed by atoms with van der Waals surface area (Å²) in [6.45, 7) is 2.28. The van der Waals surface area contributed by atoms with E-state index in [1.54, 1.807) is 24.3 Å². The van der Waals surface area contributed by atoms with E-state index in [0.717, 1.165) is 19.3 Å². The number of Topliss-reactive ketones (excluding diaryl/α,β-unsaturated/α-hetero) is 1. The average Bonchev–Trinajstić information content (AvgIpc) is 3.42. The number of carbonyl (C=O) groups is 3. The average molecular weight is 383 g/mol. The van der Waals surface area contributed by atoms with Crippen LogP contribution in [0.25, 0.3) is 0 Å². The Morgan fingerprint density at radius 3 is 2.64 bits per heavy atom. The monoisotopic (exact) mass is 383 g/mol. The largest absolute Gasteiger partial charge is 0.459 e. The van der Waals surface area contributed by atoms with Crippen LogP contribution in [-0.2, 0) is 16.0 Å². The highest BCUT2D eigenvalue weighted by Crippen LogP contribution is 2.21. The fourth-order valence-corrected chi connectivity index (χ4v) is 3.35. The van der Waals surface area contributed by atoms with Crippen LogP contribution in [0.15, 0.2) is 47.1 Å². The number of benzene rings is 1. The van der Waals surface area contributed by atoms with E-state index < -0.39 is 12.0 Å². The van der Waals surface area contributed by atoms with Crippen LogP contribution < -0.4 is 0 Å². The molecule has 2 heterocycles. The van der Waals surface area contributed by atoms with Crippen LogP contribution in [0.5, 0.6) is 0 Å². The molecule has 1 aromatic carbocycles. The number of rotatable bonds is 8. The van der Waals surface area contributed by atoms with Crippen LogP contribution in [0.4, 0.5) is 0 Å². The number of ether oxygens (including phenoxy) is 1. The normalized spacial score (nSPS) is 16.2. The first kappa shape index (κ1) is 19.9. The van der Waals surface area contributed by atoms with Crippen molar-refractivity contribution < 1.29 is 23.5 Å². The van der Waals surface area contributed by atoms with Crippen LogP contribution in [-0.4, -0.2) is 41.8 Å². The number of likely N-dealkylation sites (tertiary alicyclic amines) is 1. The predicted molar refractivity (Wildman–Crippen MR) is 103 cm³/mol. The molecule has 0 aliphatic carbocycles. The molecular weight excluding hydrogens is 358 g/mol. The SMILES string of the molecule is CCCCc1ccc(C(=O)COC(=O)[C@@H]2CCCN2C(=O)c2ccco2)cc1. The van der Waals surface area contributed by atoms with Gasteiger partial charge in [-0.3, -0.25) is 9.59 Å². The minimum atomic E-state index is -0.679. The maximum Gasteiger partial charge on any atom is 0.329 e. The zero-order chi connectivity index (χ0) is 19.9. The van der Waals surface area contributed by atoms with Crippen molar-refractivity contribution in [3.63, 3.8) is 0 Å². The van der Waals surface area contributed by atoms with Gasteiger partial charge >= 0.3 is 5.97 Å². The highest BCUT2D eigenvalue weighted by Gasteiger charge is 2.36. The minimum Gasteiger partial charge on any atom is -0.459 e. The van der Waals surface area contributed by atoms with E-state index in [2.05, 4.69) is 6.92 Å². The van der Waals surface area contributed by atoms with E-state index in [0.29, 0.717) is 24.9 Å². The molecule has 2 aromatic rings. The van der Waals surface area contributed by atoms with E-state index in [4.69, 9.17) is 9.15 Å². The first-order valence-corrected chi connectivity index (χ1v) is 9.73. The number of hydrogen-bond donors (Lipinski definition) is 0. The van der Waals surface area contributed by atoms with Gasteiger partial charge in [-0.05, 0) is 43.4 Å². The summed E-state index contributed by atoms with van der Waals surface area (Å²) < 4.78 is 10.4. The van der Waals surface area contributed by atoms with Gasteiger partial charge in [0.2, 0.25) is 0 Å². The number of esters is 1. The van der Waals surface area contributed by atoms with Gasteiger partial charge in [0.25, 0.3) is 5.91 Å². The van der Waals surface area contributed by atoms with Crippen LogP contribution in [0.2, 0.25) is 0 Å². The molecule has 1 saturated heterocycles. The van der Waals surface area contributed by atoms with Gasteiger partial charge in [-0.15, -0.1) is 0 Å². The van der Waals surface area contributed by atoms with E-state index in [1.807, 2.05) is 12.1 Å². The van der Waals surface area contributed by atoms with Gasteiger partial charge < -0.3 is 14.1 Å². The first-order valence-electron chi connectivity index (χ1n) is 9.73. The molecule has 6 heteroatoms. The highest BCUT2D eigenvalue weighted by molar-refractivity contribution is 5.99. The van der Waals surface area contributed by atoms with E-state index >= 15 is 0 Å². The summed E-state index contributed by atoms with van der Waals surface area (Å²) in [4.78, 5) is 38.7. The topological polar surface area (TPSA) is 76.8 Å². The lowest BCUT2D eigenvalue weighted by Crippen LogP contribution is -2.41. The summed E-state index contributed by atoms with van der Waals surface area (Å²) in [6.07, 6.45) is 5.87. The third-order valence-corrected chi connectivity index (χ3v) is 4.96. The Labute approximate surface area is 164 Å². The van der Waals surface area contributed by atoms with Crippen molar-refractivity contribution in [2.45, 2.75) is 45.1 Å². The van der Waals surface area contributed by atoms with Crippen molar-refractivity contribution in [3.8, 4) is 0 Å². The number of nitrogens with zero attached hydrogens (tertiary/aromatic N) is 1. The molecule has 1 aliphatic heterocycles. The summed E-state index contributed by atoms with van der Waals surface area (Å²) in [5.74, 6) is -0.944. The van der Waals surface area contributed by atoms with Crippen molar-refractivity contribution in [1.82, 2.24) is 4.90 Å². The number of ketones is 1. The molecule has 1 amide bonds. The van der Waals surface area contributed by atoms with Gasteiger partial charge in [0, 0.05) is 12.1 Å². The zero-order valence-corrected chi connectivity index (χ0v) is 16.1. The minimum absolute atomic E-state index is 0.193. The van der Waals surface area contributed by atoms with E-state index in [9.17, 15) is 14.4 Å². The third kappa shape index (κ3) is 4.68. The van der Waals surface area contributed by atoms with Crippen molar-refractivity contribution in [3.05, 3.63) is 59.5 Å². The van der Waals surface area contributed by atoms with E-state index in [-0.39, 0.29) is 24.1 Å². The Hall–Kier alpha value is -2.89. The maximum absolute atomic E-state index is 12.4. The zero-order valence-electron chi connectivity index (χ0n) is 16.1. The van der Waals surface area contributed by atoms with Gasteiger partial charge in [-0.1, -0.05) is 37.6 Å². The van der Waals surface area contributed by atoms with Crippen LogP contribution in [0, 0.1) is 0 Å². The van der Waals surface area contributed by atoms with Crippen LogP contribution in [0.1, 0.15) is 59.1 Å². The molecule has 3 rings (SSSR count). The fraction of sp³-hybridized carbons (Fsp3) is 0.409. The number of carbonyl (C=O) groups excluding carboxylic acids is 3. The molecule has 1 fully saturated rings. The number of hydrogen-bond acceptors (Lipinski definition) is 5. The van der Waals surface area contributed by atoms with E-state index in [1.165, 1.54) is 16.7 Å². The molecule has 0 unspecified atom stereocenters. The smallest absolute Gasteiger partial charge is 0.329 e. The van der Waals surface area contributed by atoms with Gasteiger partial charge in [0.1, 0.15) is 6.04 Å². The van der Waals surface area contributed by atoms with Crippen molar-refractivity contribution >= 4 is 17.7 Å². The lowest BCUT2D eigenvalue weighted by molar-refractivity contribution is -0.147. The third-order valence-electron chi connectivity index (χ3n) is 4.96. The molecule has 1 aromatic heterocycles. The second kappa shape index (κ2) is 9.35. The molecule has 1 atom stereocenters. The molecule has 148 valence electrons. The molecular formula is C22H25NO5. The number of unbranched alkanes of at least 4 members (excludes halogenated alkanes) is 1. The number of amides is 1. The number of furan rings is 1. The summed E-state index contributed by atoms with van der Waals surface area (Å²) in [7, 11) is 0. The highest BCUT2D eigenvalue weighted by atomic mass is 16.5. The van der Waals surface area contributed by atoms with Crippen molar-refractivity contribution in [1.29, 1.82) is 0 Å². The Morgan fingerprint density at radius 2 is 1.96 bits per heavy atom. The lowest BCUT2D eigenvalue weighted by Gasteiger charge is -2.22. The van der Waals surface area contributed by atoms with Gasteiger partial charge in [0.05, 0.1) is 6.26 Å². The Bertz CT molecular complexity index is 810. The summed E-state index contributed by atoms with van der Waals surface area (Å²) in [5.41, 5.74) is 1.71. The molecule has 0 bridgehead atoms. The second-order valence-electron chi connectivity index (χ2n) is 6.97. The Balaban J connectivity index is 1.54. The lowest BCUT2D eigenvalue weighted by atomic mass is 10.0. The van der Waals surface area contributed by atoms with Crippen molar-refractivity contribution in [2.24, 2.45) is 0 Å².